The van der Waals surface area contributed by atoms with Gasteiger partial charge in [-0.05, 0) is 13.0 Å². The van der Waals surface area contributed by atoms with Gasteiger partial charge in [0.05, 0.1) is 6.10 Å². The lowest BCUT2D eigenvalue weighted by molar-refractivity contribution is -0.119. The molecule has 75 valence electrons. The van der Waals surface area contributed by atoms with E-state index in [1.807, 2.05) is 0 Å². The number of hydrogen-bond donors (Lipinski definition) is 2. The van der Waals surface area contributed by atoms with Gasteiger partial charge in [-0.1, -0.05) is 18.2 Å². The van der Waals surface area contributed by atoms with E-state index in [0.29, 0.717) is 11.3 Å². The summed E-state index contributed by atoms with van der Waals surface area (Å²) in [7, 11) is 0. The molecular weight excluding hydrogens is 182 g/mol. The summed E-state index contributed by atoms with van der Waals surface area (Å²) in [6.07, 6.45) is -0.876. The molecule has 0 spiro atoms. The average molecular weight is 194 g/mol. The van der Waals surface area contributed by atoms with Crippen LogP contribution >= 0.6 is 0 Å². The number of para-hydroxylation sites is 1. The predicted molar refractivity (Wildman–Crippen MR) is 51.4 cm³/mol. The molecule has 0 saturated heterocycles. The first kappa shape index (κ1) is 10.5. The molecule has 0 saturated carbocycles. The molecule has 3 N–H and O–H groups in total. The molecule has 1 unspecified atom stereocenters. The molecule has 1 aromatic rings. The fourth-order valence-corrected chi connectivity index (χ4v) is 1.04. The topological polar surface area (TPSA) is 72.6 Å². The van der Waals surface area contributed by atoms with Crippen LogP contribution in [0.5, 0.6) is 5.75 Å². The van der Waals surface area contributed by atoms with E-state index >= 15 is 0 Å². The first-order chi connectivity index (χ1) is 6.61. The lowest BCUT2D eigenvalue weighted by Gasteiger charge is -2.11. The fraction of sp³-hybridized carbons (Fsp3) is 0.200. The number of ether oxygens (including phenoxy) is 1. The third kappa shape index (κ3) is 2.74. The molecule has 4 heteroatoms. The van der Waals surface area contributed by atoms with Gasteiger partial charge in [0.15, 0.2) is 6.61 Å². The molecule has 1 amide bonds. The molecule has 0 aliphatic carbocycles. The number of carbonyl (C=O) groups is 1. The van der Waals surface area contributed by atoms with Crippen molar-refractivity contribution in [2.24, 2.45) is 5.73 Å². The lowest BCUT2D eigenvalue weighted by Crippen LogP contribution is -2.20. The van der Waals surface area contributed by atoms with Gasteiger partial charge in [0, 0.05) is 5.56 Å². The maximum Gasteiger partial charge on any atom is 0.255 e. The smallest absolute Gasteiger partial charge is 0.255 e. The van der Waals surface area contributed by atoms with Crippen LogP contribution < -0.4 is 10.5 Å². The average Bonchev–Trinajstić information content (AvgIpc) is 2.15. The van der Waals surface area contributed by atoms with E-state index in [0.717, 1.165) is 0 Å². The van der Waals surface area contributed by atoms with Crippen molar-refractivity contribution in [2.45, 2.75) is 6.10 Å². The summed E-state index contributed by atoms with van der Waals surface area (Å²) in [5.74, 6) is -0.132. The lowest BCUT2D eigenvalue weighted by atomic mass is 10.1. The zero-order valence-corrected chi connectivity index (χ0v) is 7.64. The van der Waals surface area contributed by atoms with Crippen molar-refractivity contribution in [2.75, 3.05) is 6.61 Å². The van der Waals surface area contributed by atoms with Crippen molar-refractivity contribution in [1.82, 2.24) is 0 Å². The summed E-state index contributed by atoms with van der Waals surface area (Å²) in [5.41, 5.74) is 5.46. The van der Waals surface area contributed by atoms with E-state index in [1.54, 1.807) is 24.3 Å². The third-order valence-corrected chi connectivity index (χ3v) is 1.65. The molecule has 0 fully saturated rings. The minimum Gasteiger partial charge on any atom is -0.483 e. The Morgan fingerprint density at radius 2 is 2.21 bits per heavy atom. The highest BCUT2D eigenvalue weighted by Crippen LogP contribution is 2.23. The minimum atomic E-state index is -0.876. The Morgan fingerprint density at radius 1 is 1.57 bits per heavy atom. The maximum absolute atomic E-state index is 10.5. The Labute approximate surface area is 82.3 Å². The number of hydrogen-bond acceptors (Lipinski definition) is 3. The largest absolute Gasteiger partial charge is 0.483 e. The maximum atomic E-state index is 10.5. The fourth-order valence-electron chi connectivity index (χ4n) is 1.04. The van der Waals surface area contributed by atoms with Gasteiger partial charge in [-0.15, -0.1) is 0 Å². The number of rotatable bonds is 4. The van der Waals surface area contributed by atoms with Crippen molar-refractivity contribution in [3.05, 3.63) is 36.8 Å². The molecule has 0 heterocycles. The molecular formula is C10H12NO3. The van der Waals surface area contributed by atoms with Crippen LogP contribution in [0.1, 0.15) is 11.7 Å². The SMILES string of the molecule is [CH2]C(O)c1ccccc1OCC(N)=O. The third-order valence-electron chi connectivity index (χ3n) is 1.65. The van der Waals surface area contributed by atoms with E-state index in [1.165, 1.54) is 0 Å². The van der Waals surface area contributed by atoms with Crippen molar-refractivity contribution < 1.29 is 14.6 Å². The van der Waals surface area contributed by atoms with E-state index in [-0.39, 0.29) is 6.61 Å². The zero-order valence-electron chi connectivity index (χ0n) is 7.64. The number of carbonyl (C=O) groups excluding carboxylic acids is 1. The van der Waals surface area contributed by atoms with Crippen molar-refractivity contribution in [3.63, 3.8) is 0 Å². The second-order valence-corrected chi connectivity index (χ2v) is 2.81. The summed E-state index contributed by atoms with van der Waals surface area (Å²) in [5, 5.41) is 9.26. The molecule has 1 atom stereocenters. The number of amides is 1. The Morgan fingerprint density at radius 3 is 2.79 bits per heavy atom. The van der Waals surface area contributed by atoms with Gasteiger partial charge in [0.2, 0.25) is 0 Å². The second-order valence-electron chi connectivity index (χ2n) is 2.81. The van der Waals surface area contributed by atoms with Crippen LogP contribution in [-0.4, -0.2) is 17.6 Å². The summed E-state index contributed by atoms with van der Waals surface area (Å²) >= 11 is 0. The highest BCUT2D eigenvalue weighted by molar-refractivity contribution is 5.75. The number of primary amides is 1. The Balaban J connectivity index is 2.79. The highest BCUT2D eigenvalue weighted by atomic mass is 16.5. The van der Waals surface area contributed by atoms with E-state index < -0.39 is 12.0 Å². The number of aliphatic hydroxyl groups excluding tert-OH is 1. The van der Waals surface area contributed by atoms with Gasteiger partial charge in [0.1, 0.15) is 5.75 Å². The summed E-state index contributed by atoms with van der Waals surface area (Å²) in [4.78, 5) is 10.5. The number of nitrogens with two attached hydrogens (primary N) is 1. The number of aliphatic hydroxyl groups is 1. The Bertz CT molecular complexity index is 323. The van der Waals surface area contributed by atoms with Crippen LogP contribution in [0.3, 0.4) is 0 Å². The summed E-state index contributed by atoms with van der Waals surface area (Å²) < 4.78 is 5.09. The van der Waals surface area contributed by atoms with Crippen LogP contribution in [0.25, 0.3) is 0 Å². The standard InChI is InChI=1S/C10H12NO3/c1-7(12)8-4-2-3-5-9(8)14-6-10(11)13/h2-5,7,12H,1,6H2,(H2,11,13). The van der Waals surface area contributed by atoms with Crippen molar-refractivity contribution in [3.8, 4) is 5.75 Å². The van der Waals surface area contributed by atoms with Crippen molar-refractivity contribution >= 4 is 5.91 Å². The molecule has 4 nitrogen and oxygen atoms in total. The Kier molecular flexibility index (Phi) is 3.48. The van der Waals surface area contributed by atoms with E-state index in [9.17, 15) is 9.90 Å². The zero-order chi connectivity index (χ0) is 10.6. The van der Waals surface area contributed by atoms with Crippen LogP contribution in [0, 0.1) is 6.92 Å². The molecule has 1 radical (unpaired) electrons. The molecule has 0 aromatic heterocycles. The molecule has 0 aliphatic heterocycles. The van der Waals surface area contributed by atoms with Gasteiger partial charge in [0.25, 0.3) is 5.91 Å². The molecule has 0 bridgehead atoms. The van der Waals surface area contributed by atoms with E-state index in [4.69, 9.17) is 10.5 Å². The van der Waals surface area contributed by atoms with Crippen LogP contribution in [-0.2, 0) is 4.79 Å². The molecule has 14 heavy (non-hydrogen) atoms. The Hall–Kier alpha value is -1.55. The molecule has 1 aromatic carbocycles. The quantitative estimate of drug-likeness (QED) is 0.729. The second kappa shape index (κ2) is 4.62. The van der Waals surface area contributed by atoms with Crippen LogP contribution in [0.15, 0.2) is 24.3 Å². The summed E-state index contributed by atoms with van der Waals surface area (Å²) in [6, 6.07) is 6.81. The first-order valence-electron chi connectivity index (χ1n) is 4.12. The molecule has 1 rings (SSSR count). The predicted octanol–water partition coefficient (Wildman–Crippen LogP) is 0.418. The van der Waals surface area contributed by atoms with Crippen molar-refractivity contribution in [1.29, 1.82) is 0 Å². The van der Waals surface area contributed by atoms with Crippen LogP contribution in [0.4, 0.5) is 0 Å². The van der Waals surface area contributed by atoms with Gasteiger partial charge < -0.3 is 15.6 Å². The van der Waals surface area contributed by atoms with Crippen LogP contribution in [0.2, 0.25) is 0 Å². The molecule has 0 aliphatic rings. The monoisotopic (exact) mass is 194 g/mol. The summed E-state index contributed by atoms with van der Waals surface area (Å²) in [6.45, 7) is 3.25. The van der Waals surface area contributed by atoms with Gasteiger partial charge in [-0.25, -0.2) is 0 Å². The van der Waals surface area contributed by atoms with Gasteiger partial charge in [-0.2, -0.15) is 0 Å². The van der Waals surface area contributed by atoms with Gasteiger partial charge in [-0.3, -0.25) is 4.79 Å². The highest BCUT2D eigenvalue weighted by Gasteiger charge is 2.08. The normalized spacial score (nSPS) is 12.1. The van der Waals surface area contributed by atoms with E-state index in [2.05, 4.69) is 6.92 Å². The number of benzene rings is 1. The minimum absolute atomic E-state index is 0.205. The first-order valence-corrected chi connectivity index (χ1v) is 4.12. The van der Waals surface area contributed by atoms with Gasteiger partial charge >= 0.3 is 0 Å².